The molecule has 0 fully saturated rings. The lowest BCUT2D eigenvalue weighted by Gasteiger charge is -2.06. The fourth-order valence-electron chi connectivity index (χ4n) is 2.55. The molecule has 0 atom stereocenters. The molecule has 0 N–H and O–H groups in total. The van der Waals surface area contributed by atoms with Crippen LogP contribution >= 0.6 is 23.2 Å². The SMILES string of the molecule is CCCn1nc(OC(=O)c2c(Cl)cccc2Cl)c2cc(OC)ccc21. The van der Waals surface area contributed by atoms with Crippen molar-refractivity contribution in [2.24, 2.45) is 0 Å². The van der Waals surface area contributed by atoms with Gasteiger partial charge in [-0.05, 0) is 36.8 Å². The topological polar surface area (TPSA) is 53.4 Å². The van der Waals surface area contributed by atoms with Crippen LogP contribution in [0.3, 0.4) is 0 Å². The summed E-state index contributed by atoms with van der Waals surface area (Å²) in [6.07, 6.45) is 0.895. The van der Waals surface area contributed by atoms with E-state index in [1.807, 2.05) is 19.1 Å². The van der Waals surface area contributed by atoms with E-state index in [-0.39, 0.29) is 21.5 Å². The van der Waals surface area contributed by atoms with Gasteiger partial charge in [0.15, 0.2) is 0 Å². The number of esters is 1. The zero-order valence-corrected chi connectivity index (χ0v) is 15.3. The highest BCUT2D eigenvalue weighted by atomic mass is 35.5. The van der Waals surface area contributed by atoms with Crippen LogP contribution in [0.4, 0.5) is 0 Å². The molecule has 1 aromatic heterocycles. The fourth-order valence-corrected chi connectivity index (χ4v) is 3.10. The van der Waals surface area contributed by atoms with Crippen LogP contribution in [0.15, 0.2) is 36.4 Å². The highest BCUT2D eigenvalue weighted by molar-refractivity contribution is 6.39. The third-order valence-electron chi connectivity index (χ3n) is 3.72. The molecular weight excluding hydrogens is 363 g/mol. The Balaban J connectivity index is 2.04. The molecule has 0 aliphatic carbocycles. The molecule has 0 radical (unpaired) electrons. The van der Waals surface area contributed by atoms with E-state index in [2.05, 4.69) is 5.10 Å². The lowest BCUT2D eigenvalue weighted by Crippen LogP contribution is -2.11. The number of fused-ring (bicyclic) bond motifs is 1. The number of nitrogens with zero attached hydrogens (tertiary/aromatic N) is 2. The summed E-state index contributed by atoms with van der Waals surface area (Å²) in [5.74, 6) is 0.196. The van der Waals surface area contributed by atoms with Crippen molar-refractivity contribution in [3.05, 3.63) is 52.0 Å². The first-order chi connectivity index (χ1) is 12.0. The molecule has 3 aromatic rings. The number of carbonyl (C=O) groups excluding carboxylic acids is 1. The van der Waals surface area contributed by atoms with Crippen molar-refractivity contribution in [2.45, 2.75) is 19.9 Å². The summed E-state index contributed by atoms with van der Waals surface area (Å²) >= 11 is 12.2. The van der Waals surface area contributed by atoms with Crippen molar-refractivity contribution < 1.29 is 14.3 Å². The Bertz CT molecular complexity index is 917. The average molecular weight is 379 g/mol. The highest BCUT2D eigenvalue weighted by Gasteiger charge is 2.21. The standard InChI is InChI=1S/C18H16Cl2N2O3/c1-3-9-22-15-8-7-11(24-2)10-12(15)17(21-22)25-18(23)16-13(19)5-4-6-14(16)20/h4-8,10H,3,9H2,1-2H3. The minimum Gasteiger partial charge on any atom is -0.497 e. The average Bonchev–Trinajstić information content (AvgIpc) is 2.92. The molecule has 3 rings (SSSR count). The van der Waals surface area contributed by atoms with Gasteiger partial charge in [-0.2, -0.15) is 0 Å². The third-order valence-corrected chi connectivity index (χ3v) is 4.35. The van der Waals surface area contributed by atoms with Gasteiger partial charge in [-0.3, -0.25) is 4.68 Å². The largest absolute Gasteiger partial charge is 0.497 e. The molecule has 2 aromatic carbocycles. The molecule has 5 nitrogen and oxygen atoms in total. The van der Waals surface area contributed by atoms with Crippen molar-refractivity contribution in [1.82, 2.24) is 9.78 Å². The van der Waals surface area contributed by atoms with E-state index in [0.29, 0.717) is 17.7 Å². The van der Waals surface area contributed by atoms with Gasteiger partial charge in [0, 0.05) is 6.54 Å². The summed E-state index contributed by atoms with van der Waals surface area (Å²) < 4.78 is 12.6. The van der Waals surface area contributed by atoms with E-state index in [0.717, 1.165) is 11.9 Å². The number of carbonyl (C=O) groups is 1. The van der Waals surface area contributed by atoms with E-state index in [1.54, 1.807) is 36.1 Å². The van der Waals surface area contributed by atoms with Crippen LogP contribution in [0, 0.1) is 0 Å². The Kier molecular flexibility index (Phi) is 5.16. The second-order valence-corrected chi connectivity index (χ2v) is 6.21. The van der Waals surface area contributed by atoms with Gasteiger partial charge in [0.2, 0.25) is 5.88 Å². The Labute approximate surface area is 155 Å². The number of aromatic nitrogens is 2. The second-order valence-electron chi connectivity index (χ2n) is 5.40. The third kappa shape index (κ3) is 3.43. The van der Waals surface area contributed by atoms with E-state index >= 15 is 0 Å². The number of methoxy groups -OCH3 is 1. The minimum absolute atomic E-state index is 0.118. The van der Waals surface area contributed by atoms with Crippen molar-refractivity contribution in [1.29, 1.82) is 0 Å². The van der Waals surface area contributed by atoms with Crippen LogP contribution in [0.1, 0.15) is 23.7 Å². The lowest BCUT2D eigenvalue weighted by molar-refractivity contribution is 0.0729. The molecule has 0 unspecified atom stereocenters. The quantitative estimate of drug-likeness (QED) is 0.587. The molecule has 0 bridgehead atoms. The Morgan fingerprint density at radius 3 is 2.56 bits per heavy atom. The zero-order chi connectivity index (χ0) is 18.0. The summed E-state index contributed by atoms with van der Waals surface area (Å²) in [6.45, 7) is 2.75. The number of hydrogen-bond donors (Lipinski definition) is 0. The number of halogens is 2. The molecule has 130 valence electrons. The molecule has 0 spiro atoms. The van der Waals surface area contributed by atoms with Crippen molar-refractivity contribution in [3.63, 3.8) is 0 Å². The monoisotopic (exact) mass is 378 g/mol. The molecule has 0 aliphatic heterocycles. The van der Waals surface area contributed by atoms with E-state index in [4.69, 9.17) is 32.7 Å². The first-order valence-corrected chi connectivity index (χ1v) is 8.51. The maximum atomic E-state index is 12.5. The smallest absolute Gasteiger partial charge is 0.347 e. The van der Waals surface area contributed by atoms with Crippen molar-refractivity contribution in [2.75, 3.05) is 7.11 Å². The zero-order valence-electron chi connectivity index (χ0n) is 13.8. The summed E-state index contributed by atoms with van der Waals surface area (Å²) in [7, 11) is 1.58. The van der Waals surface area contributed by atoms with Gasteiger partial charge < -0.3 is 9.47 Å². The number of aryl methyl sites for hydroxylation is 1. The Morgan fingerprint density at radius 1 is 1.20 bits per heavy atom. The van der Waals surface area contributed by atoms with Gasteiger partial charge >= 0.3 is 5.97 Å². The molecule has 0 saturated carbocycles. The maximum absolute atomic E-state index is 12.5. The van der Waals surface area contributed by atoms with Gasteiger partial charge in [0.05, 0.1) is 33.6 Å². The minimum atomic E-state index is -0.651. The van der Waals surface area contributed by atoms with Gasteiger partial charge in [0.25, 0.3) is 0 Å². The van der Waals surface area contributed by atoms with Gasteiger partial charge in [-0.15, -0.1) is 5.10 Å². The van der Waals surface area contributed by atoms with Crippen LogP contribution in [0.2, 0.25) is 10.0 Å². The molecular formula is C18H16Cl2N2O3. The molecule has 0 aliphatic rings. The predicted octanol–water partition coefficient (Wildman–Crippen LogP) is 4.98. The van der Waals surface area contributed by atoms with Crippen LogP contribution in [0.25, 0.3) is 10.9 Å². The number of ether oxygens (including phenoxy) is 2. The summed E-state index contributed by atoms with van der Waals surface area (Å²) in [6, 6.07) is 10.3. The van der Waals surface area contributed by atoms with Crippen molar-refractivity contribution >= 4 is 40.1 Å². The Morgan fingerprint density at radius 2 is 1.92 bits per heavy atom. The van der Waals surface area contributed by atoms with Crippen LogP contribution < -0.4 is 9.47 Å². The summed E-state index contributed by atoms with van der Waals surface area (Å²) in [4.78, 5) is 12.5. The molecule has 0 saturated heterocycles. The molecule has 7 heteroatoms. The first-order valence-electron chi connectivity index (χ1n) is 7.76. The maximum Gasteiger partial charge on any atom is 0.347 e. The van der Waals surface area contributed by atoms with Crippen molar-refractivity contribution in [3.8, 4) is 11.6 Å². The number of benzene rings is 2. The fraction of sp³-hybridized carbons (Fsp3) is 0.222. The normalized spacial score (nSPS) is 10.9. The van der Waals surface area contributed by atoms with Crippen LogP contribution in [-0.2, 0) is 6.54 Å². The number of rotatable bonds is 5. The predicted molar refractivity (Wildman–Crippen MR) is 98.0 cm³/mol. The van der Waals surface area contributed by atoms with Crippen LogP contribution in [0.5, 0.6) is 11.6 Å². The van der Waals surface area contributed by atoms with Gasteiger partial charge in [0.1, 0.15) is 5.75 Å². The molecule has 1 heterocycles. The highest BCUT2D eigenvalue weighted by Crippen LogP contribution is 2.31. The van der Waals surface area contributed by atoms with Gasteiger partial charge in [-0.1, -0.05) is 36.2 Å². The number of hydrogen-bond acceptors (Lipinski definition) is 4. The first kappa shape index (κ1) is 17.6. The Hall–Kier alpha value is -2.24. The van der Waals surface area contributed by atoms with E-state index in [1.165, 1.54) is 0 Å². The summed E-state index contributed by atoms with van der Waals surface area (Å²) in [5, 5.41) is 5.55. The second kappa shape index (κ2) is 7.33. The lowest BCUT2D eigenvalue weighted by atomic mass is 10.2. The summed E-state index contributed by atoms with van der Waals surface area (Å²) in [5.41, 5.74) is 0.975. The molecule has 25 heavy (non-hydrogen) atoms. The van der Waals surface area contributed by atoms with Crippen LogP contribution in [-0.4, -0.2) is 22.9 Å². The molecule has 0 amide bonds. The van der Waals surface area contributed by atoms with Gasteiger partial charge in [-0.25, -0.2) is 4.79 Å². The van der Waals surface area contributed by atoms with E-state index in [9.17, 15) is 4.79 Å². The van der Waals surface area contributed by atoms with E-state index < -0.39 is 5.97 Å².